The zero-order valence-corrected chi connectivity index (χ0v) is 20.8. The van der Waals surface area contributed by atoms with Crippen LogP contribution in [0.15, 0.2) is 67.0 Å². The predicted octanol–water partition coefficient (Wildman–Crippen LogP) is 4.24. The molecule has 1 aliphatic rings. The van der Waals surface area contributed by atoms with Crippen molar-refractivity contribution < 1.29 is 9.90 Å². The number of carbonyl (C=O) groups is 1. The molecule has 1 saturated heterocycles. The number of benzene rings is 2. The molecule has 2 aromatic heterocycles. The Hall–Kier alpha value is -3.46. The van der Waals surface area contributed by atoms with Crippen LogP contribution in [0.1, 0.15) is 30.3 Å². The van der Waals surface area contributed by atoms with Gasteiger partial charge in [0.15, 0.2) is 5.65 Å². The summed E-state index contributed by atoms with van der Waals surface area (Å²) in [4.78, 5) is 20.2. The normalized spacial score (nSPS) is 15.2. The van der Waals surface area contributed by atoms with Crippen LogP contribution in [0, 0.1) is 0 Å². The molecule has 4 aromatic rings. The second kappa shape index (κ2) is 10.7. The van der Waals surface area contributed by atoms with Crippen LogP contribution in [0.4, 0.5) is 11.4 Å². The van der Waals surface area contributed by atoms with Crippen LogP contribution in [0.2, 0.25) is 5.02 Å². The molecule has 1 amide bonds. The predicted molar refractivity (Wildman–Crippen MR) is 143 cm³/mol. The van der Waals surface area contributed by atoms with Crippen LogP contribution in [0.5, 0.6) is 0 Å². The van der Waals surface area contributed by atoms with Gasteiger partial charge in [0.2, 0.25) is 0 Å². The zero-order chi connectivity index (χ0) is 25.1. The summed E-state index contributed by atoms with van der Waals surface area (Å²) in [6.45, 7) is 3.86. The third-order valence-electron chi connectivity index (χ3n) is 6.52. The number of aliphatic hydroxyl groups excluding tert-OH is 1. The van der Waals surface area contributed by atoms with Crippen molar-refractivity contribution in [1.29, 1.82) is 0 Å². The van der Waals surface area contributed by atoms with Crippen LogP contribution in [-0.4, -0.2) is 57.4 Å². The minimum absolute atomic E-state index is 0.0909. The quantitative estimate of drug-likeness (QED) is 0.348. The van der Waals surface area contributed by atoms with E-state index in [1.807, 2.05) is 55.5 Å². The van der Waals surface area contributed by atoms with Crippen molar-refractivity contribution in [2.75, 3.05) is 29.9 Å². The first kappa shape index (κ1) is 24.2. The van der Waals surface area contributed by atoms with Gasteiger partial charge in [-0.25, -0.2) is 9.50 Å². The molecular formula is C27H29ClN6O2. The lowest BCUT2D eigenvalue weighted by Crippen LogP contribution is -2.46. The fraction of sp³-hybridized carbons (Fsp3) is 0.296. The van der Waals surface area contributed by atoms with Crippen LogP contribution < -0.4 is 15.5 Å². The SMILES string of the molecule is C[C@@H](CO)NC1CCN(c2ccccc2NC(=O)c2ccn3ncc(-c4cccc(Cl)c4)c3n2)CC1. The van der Waals surface area contributed by atoms with Crippen molar-refractivity contribution in [2.45, 2.75) is 31.8 Å². The Balaban J connectivity index is 1.34. The molecule has 1 aliphatic heterocycles. The Morgan fingerprint density at radius 2 is 1.97 bits per heavy atom. The van der Waals surface area contributed by atoms with Gasteiger partial charge in [-0.05, 0) is 55.7 Å². The molecule has 0 saturated carbocycles. The van der Waals surface area contributed by atoms with Crippen LogP contribution in [-0.2, 0) is 0 Å². The van der Waals surface area contributed by atoms with E-state index in [4.69, 9.17) is 11.6 Å². The van der Waals surface area contributed by atoms with E-state index in [0.717, 1.165) is 48.4 Å². The molecular weight excluding hydrogens is 476 g/mol. The molecule has 3 heterocycles. The smallest absolute Gasteiger partial charge is 0.274 e. The number of hydrogen-bond donors (Lipinski definition) is 3. The third-order valence-corrected chi connectivity index (χ3v) is 6.75. The van der Waals surface area contributed by atoms with Gasteiger partial charge in [-0.1, -0.05) is 35.9 Å². The van der Waals surface area contributed by atoms with E-state index in [0.29, 0.717) is 22.4 Å². The van der Waals surface area contributed by atoms with Crippen molar-refractivity contribution in [3.63, 3.8) is 0 Å². The maximum absolute atomic E-state index is 13.2. The highest BCUT2D eigenvalue weighted by atomic mass is 35.5. The van der Waals surface area contributed by atoms with Crippen molar-refractivity contribution in [3.05, 3.63) is 77.7 Å². The molecule has 186 valence electrons. The van der Waals surface area contributed by atoms with E-state index in [2.05, 4.69) is 25.6 Å². The highest BCUT2D eigenvalue weighted by Crippen LogP contribution is 2.29. The van der Waals surface area contributed by atoms with E-state index in [9.17, 15) is 9.90 Å². The summed E-state index contributed by atoms with van der Waals surface area (Å²) in [5, 5.41) is 20.8. The summed E-state index contributed by atoms with van der Waals surface area (Å²) in [6, 6.07) is 17.5. The van der Waals surface area contributed by atoms with E-state index in [1.165, 1.54) is 0 Å². The second-order valence-corrected chi connectivity index (χ2v) is 9.57. The van der Waals surface area contributed by atoms with Crippen molar-refractivity contribution in [1.82, 2.24) is 19.9 Å². The number of aliphatic hydroxyl groups is 1. The van der Waals surface area contributed by atoms with Crippen LogP contribution in [0.3, 0.4) is 0 Å². The van der Waals surface area contributed by atoms with Crippen molar-refractivity contribution >= 4 is 34.5 Å². The molecule has 0 aliphatic carbocycles. The topological polar surface area (TPSA) is 94.8 Å². The van der Waals surface area contributed by atoms with Crippen molar-refractivity contribution in [2.24, 2.45) is 0 Å². The van der Waals surface area contributed by atoms with E-state index < -0.39 is 0 Å². The number of fused-ring (bicyclic) bond motifs is 1. The molecule has 5 rings (SSSR count). The van der Waals surface area contributed by atoms with Gasteiger partial charge in [-0.15, -0.1) is 0 Å². The Morgan fingerprint density at radius 1 is 1.17 bits per heavy atom. The Kier molecular flexibility index (Phi) is 7.18. The largest absolute Gasteiger partial charge is 0.395 e. The summed E-state index contributed by atoms with van der Waals surface area (Å²) in [5.41, 5.74) is 4.33. The average Bonchev–Trinajstić information content (AvgIpc) is 3.33. The minimum atomic E-state index is -0.281. The number of nitrogens with one attached hydrogen (secondary N) is 2. The number of amides is 1. The molecule has 3 N–H and O–H groups in total. The lowest BCUT2D eigenvalue weighted by Gasteiger charge is -2.36. The number of carbonyl (C=O) groups excluding carboxylic acids is 1. The second-order valence-electron chi connectivity index (χ2n) is 9.13. The van der Waals surface area contributed by atoms with Gasteiger partial charge >= 0.3 is 0 Å². The lowest BCUT2D eigenvalue weighted by atomic mass is 10.0. The Labute approximate surface area is 214 Å². The van der Waals surface area contributed by atoms with Gasteiger partial charge in [-0.3, -0.25) is 4.79 Å². The summed E-state index contributed by atoms with van der Waals surface area (Å²) in [6.07, 6.45) is 5.41. The Bertz CT molecular complexity index is 1370. The Morgan fingerprint density at radius 3 is 2.75 bits per heavy atom. The molecule has 0 spiro atoms. The monoisotopic (exact) mass is 504 g/mol. The van der Waals surface area contributed by atoms with Gasteiger partial charge in [0.25, 0.3) is 5.91 Å². The number of halogens is 1. The number of piperidine rings is 1. The first-order valence-electron chi connectivity index (χ1n) is 12.1. The first-order valence-corrected chi connectivity index (χ1v) is 12.5. The molecule has 1 atom stereocenters. The summed E-state index contributed by atoms with van der Waals surface area (Å²) < 4.78 is 1.65. The number of hydrogen-bond acceptors (Lipinski definition) is 6. The maximum Gasteiger partial charge on any atom is 0.274 e. The summed E-state index contributed by atoms with van der Waals surface area (Å²) in [5.74, 6) is -0.281. The average molecular weight is 505 g/mol. The van der Waals surface area contributed by atoms with Gasteiger partial charge in [0, 0.05) is 42.0 Å². The highest BCUT2D eigenvalue weighted by Gasteiger charge is 2.23. The fourth-order valence-electron chi connectivity index (χ4n) is 4.64. The third kappa shape index (κ3) is 5.21. The molecule has 8 nitrogen and oxygen atoms in total. The van der Waals surface area contributed by atoms with E-state index >= 15 is 0 Å². The molecule has 0 unspecified atom stereocenters. The number of rotatable bonds is 7. The number of para-hydroxylation sites is 2. The molecule has 0 radical (unpaired) electrons. The summed E-state index contributed by atoms with van der Waals surface area (Å²) >= 11 is 6.17. The number of nitrogens with zero attached hydrogens (tertiary/aromatic N) is 4. The zero-order valence-electron chi connectivity index (χ0n) is 20.1. The molecule has 0 bridgehead atoms. The lowest BCUT2D eigenvalue weighted by molar-refractivity contribution is 0.102. The molecule has 36 heavy (non-hydrogen) atoms. The molecule has 2 aromatic carbocycles. The molecule has 1 fully saturated rings. The first-order chi connectivity index (χ1) is 17.5. The van der Waals surface area contributed by atoms with Gasteiger partial charge in [-0.2, -0.15) is 5.10 Å². The number of anilines is 2. The van der Waals surface area contributed by atoms with Gasteiger partial charge in [0.05, 0.1) is 24.2 Å². The molecule has 9 heteroatoms. The van der Waals surface area contributed by atoms with E-state index in [1.54, 1.807) is 23.0 Å². The van der Waals surface area contributed by atoms with Crippen LogP contribution in [0.25, 0.3) is 16.8 Å². The van der Waals surface area contributed by atoms with Gasteiger partial charge < -0.3 is 20.6 Å². The fourth-order valence-corrected chi connectivity index (χ4v) is 4.83. The minimum Gasteiger partial charge on any atom is -0.395 e. The standard InChI is InChI=1S/C27H29ClN6O2/c1-18(17-35)30-21-9-12-33(13-10-21)25-8-3-2-7-23(25)32-27(36)24-11-14-34-26(31-24)22(16-29-34)19-5-4-6-20(28)15-19/h2-8,11,14-16,18,21,30,35H,9-10,12-13,17H2,1H3,(H,32,36)/t18-/m0/s1. The summed E-state index contributed by atoms with van der Waals surface area (Å²) in [7, 11) is 0. The number of aromatic nitrogens is 3. The van der Waals surface area contributed by atoms with E-state index in [-0.39, 0.29) is 18.6 Å². The van der Waals surface area contributed by atoms with Gasteiger partial charge in [0.1, 0.15) is 5.69 Å². The highest BCUT2D eigenvalue weighted by molar-refractivity contribution is 6.30. The van der Waals surface area contributed by atoms with Crippen molar-refractivity contribution in [3.8, 4) is 11.1 Å². The maximum atomic E-state index is 13.2. The van der Waals surface area contributed by atoms with Crippen LogP contribution >= 0.6 is 11.6 Å².